The predicted octanol–water partition coefficient (Wildman–Crippen LogP) is 4.51. The molecule has 0 bridgehead atoms. The van der Waals surface area contributed by atoms with Gasteiger partial charge in [0.05, 0.1) is 0 Å². The fourth-order valence-electron chi connectivity index (χ4n) is 2.73. The van der Waals surface area contributed by atoms with Gasteiger partial charge in [-0.15, -0.1) is 12.3 Å². The maximum absolute atomic E-state index is 13.5. The number of alkyl halides is 3. The summed E-state index contributed by atoms with van der Waals surface area (Å²) in [5, 5.41) is 10.1. The zero-order valence-electron chi connectivity index (χ0n) is 12.9. The molecule has 5 heteroatoms. The van der Waals surface area contributed by atoms with Crippen molar-refractivity contribution in [3.05, 3.63) is 35.1 Å². The number of terminal acetylenes is 1. The molecule has 0 saturated carbocycles. The average Bonchev–Trinajstić information content (AvgIpc) is 2.40. The van der Waals surface area contributed by atoms with Gasteiger partial charge >= 0.3 is 6.18 Å². The lowest BCUT2D eigenvalue weighted by Gasteiger charge is -2.39. The van der Waals surface area contributed by atoms with Crippen LogP contribution in [-0.2, 0) is 5.41 Å². The Kier molecular flexibility index (Phi) is 5.30. The summed E-state index contributed by atoms with van der Waals surface area (Å²) in [6.07, 6.45) is -1.000. The molecular weight excluding hydrogens is 296 g/mol. The van der Waals surface area contributed by atoms with Crippen molar-refractivity contribution in [3.63, 3.8) is 0 Å². The van der Waals surface area contributed by atoms with Gasteiger partial charge in [0.15, 0.2) is 5.60 Å². The Balaban J connectivity index is 3.35. The second-order valence-corrected chi connectivity index (χ2v) is 5.96. The van der Waals surface area contributed by atoms with Crippen molar-refractivity contribution in [1.29, 1.82) is 0 Å². The molecule has 1 N–H and O–H groups in total. The van der Waals surface area contributed by atoms with E-state index in [4.69, 9.17) is 6.42 Å². The Morgan fingerprint density at radius 1 is 1.27 bits per heavy atom. The van der Waals surface area contributed by atoms with Gasteiger partial charge < -0.3 is 5.11 Å². The highest BCUT2D eigenvalue weighted by atomic mass is 19.4. The molecule has 0 amide bonds. The molecule has 1 aromatic rings. The molecule has 1 aromatic carbocycles. The number of aryl methyl sites for hydroxylation is 1. The van der Waals surface area contributed by atoms with Crippen LogP contribution in [0, 0.1) is 25.1 Å². The van der Waals surface area contributed by atoms with Crippen molar-refractivity contribution in [2.24, 2.45) is 0 Å². The normalized spacial score (nSPS) is 17.4. The van der Waals surface area contributed by atoms with Crippen LogP contribution in [0.5, 0.6) is 0 Å². The van der Waals surface area contributed by atoms with E-state index in [1.54, 1.807) is 20.8 Å². The molecule has 0 saturated heterocycles. The molecule has 0 aliphatic heterocycles. The molecule has 0 aromatic heterocycles. The van der Waals surface area contributed by atoms with E-state index in [9.17, 15) is 22.7 Å². The Morgan fingerprint density at radius 2 is 1.86 bits per heavy atom. The lowest BCUT2D eigenvalue weighted by Crippen LogP contribution is -2.49. The van der Waals surface area contributed by atoms with Gasteiger partial charge in [0.1, 0.15) is 5.82 Å². The summed E-state index contributed by atoms with van der Waals surface area (Å²) >= 11 is 0. The first kappa shape index (κ1) is 18.5. The maximum atomic E-state index is 13.5. The van der Waals surface area contributed by atoms with Crippen molar-refractivity contribution in [1.82, 2.24) is 0 Å². The third kappa shape index (κ3) is 3.61. The molecule has 0 aliphatic carbocycles. The summed E-state index contributed by atoms with van der Waals surface area (Å²) in [5.41, 5.74) is -2.91. The van der Waals surface area contributed by atoms with Crippen molar-refractivity contribution >= 4 is 0 Å². The number of hydrogen-bond acceptors (Lipinski definition) is 1. The lowest BCUT2D eigenvalue weighted by molar-refractivity contribution is -0.265. The van der Waals surface area contributed by atoms with Crippen LogP contribution in [0.15, 0.2) is 18.2 Å². The van der Waals surface area contributed by atoms with Gasteiger partial charge in [-0.1, -0.05) is 19.9 Å². The fourth-order valence-corrected chi connectivity index (χ4v) is 2.73. The fraction of sp³-hybridized carbons (Fsp3) is 0.529. The van der Waals surface area contributed by atoms with Crippen LogP contribution < -0.4 is 0 Å². The van der Waals surface area contributed by atoms with Gasteiger partial charge in [-0.2, -0.15) is 13.2 Å². The van der Waals surface area contributed by atoms with Crippen LogP contribution in [0.1, 0.15) is 44.2 Å². The Morgan fingerprint density at radius 3 is 2.32 bits per heavy atom. The van der Waals surface area contributed by atoms with Gasteiger partial charge in [-0.25, -0.2) is 4.39 Å². The second kappa shape index (κ2) is 6.29. The van der Waals surface area contributed by atoms with Crippen LogP contribution in [0.25, 0.3) is 0 Å². The standard InChI is InChI=1S/C17H20F4O/c1-5-9-16(22,17(19,20)21)11-15(4,6-2)14-10-13(18)8-7-12(14)3/h1,7-8,10,22H,6,9,11H2,2-4H3. The number of halogens is 4. The molecule has 0 aliphatic rings. The van der Waals surface area contributed by atoms with E-state index in [1.807, 2.05) is 5.92 Å². The monoisotopic (exact) mass is 316 g/mol. The first-order chi connectivity index (χ1) is 9.99. The summed E-state index contributed by atoms with van der Waals surface area (Å²) in [4.78, 5) is 0. The third-order valence-electron chi connectivity index (χ3n) is 4.23. The van der Waals surface area contributed by atoms with Crippen molar-refractivity contribution in [2.45, 2.75) is 57.2 Å². The molecule has 0 radical (unpaired) electrons. The molecule has 0 spiro atoms. The van der Waals surface area contributed by atoms with Crippen molar-refractivity contribution < 1.29 is 22.7 Å². The largest absolute Gasteiger partial charge is 0.418 e. The zero-order chi connectivity index (χ0) is 17.2. The third-order valence-corrected chi connectivity index (χ3v) is 4.23. The molecule has 1 rings (SSSR count). The molecule has 22 heavy (non-hydrogen) atoms. The summed E-state index contributed by atoms with van der Waals surface area (Å²) in [5.74, 6) is 1.37. The number of hydrogen-bond donors (Lipinski definition) is 1. The van der Waals surface area contributed by atoms with E-state index in [-0.39, 0.29) is 0 Å². The smallest absolute Gasteiger partial charge is 0.380 e. The topological polar surface area (TPSA) is 20.2 Å². The average molecular weight is 316 g/mol. The maximum Gasteiger partial charge on any atom is 0.418 e. The van der Waals surface area contributed by atoms with Crippen LogP contribution in [-0.4, -0.2) is 16.9 Å². The van der Waals surface area contributed by atoms with Crippen molar-refractivity contribution in [3.8, 4) is 12.3 Å². The second-order valence-electron chi connectivity index (χ2n) is 5.96. The number of aliphatic hydroxyl groups is 1. The summed E-state index contributed by atoms with van der Waals surface area (Å²) in [6.45, 7) is 5.00. The zero-order valence-corrected chi connectivity index (χ0v) is 12.9. The van der Waals surface area contributed by atoms with Crippen LogP contribution in [0.4, 0.5) is 17.6 Å². The van der Waals surface area contributed by atoms with Gasteiger partial charge in [-0.3, -0.25) is 0 Å². The van der Waals surface area contributed by atoms with E-state index < -0.39 is 35.9 Å². The van der Waals surface area contributed by atoms with Crippen LogP contribution >= 0.6 is 0 Å². The predicted molar refractivity (Wildman–Crippen MR) is 77.9 cm³/mol. The van der Waals surface area contributed by atoms with E-state index in [0.29, 0.717) is 17.5 Å². The highest BCUT2D eigenvalue weighted by Gasteiger charge is 2.56. The van der Waals surface area contributed by atoms with E-state index >= 15 is 0 Å². The summed E-state index contributed by atoms with van der Waals surface area (Å²) in [6, 6.07) is 4.00. The Bertz CT molecular complexity index is 573. The Hall–Kier alpha value is -1.54. The van der Waals surface area contributed by atoms with E-state index in [2.05, 4.69) is 0 Å². The molecular formula is C17H20F4O. The van der Waals surface area contributed by atoms with Crippen molar-refractivity contribution in [2.75, 3.05) is 0 Å². The minimum atomic E-state index is -4.85. The number of rotatable bonds is 5. The van der Waals surface area contributed by atoms with Crippen LogP contribution in [0.3, 0.4) is 0 Å². The minimum absolute atomic E-state index is 0.306. The van der Waals surface area contributed by atoms with E-state index in [1.165, 1.54) is 18.2 Å². The van der Waals surface area contributed by atoms with Crippen LogP contribution in [0.2, 0.25) is 0 Å². The van der Waals surface area contributed by atoms with Gasteiger partial charge in [0, 0.05) is 6.42 Å². The molecule has 2 atom stereocenters. The first-order valence-corrected chi connectivity index (χ1v) is 6.98. The van der Waals surface area contributed by atoms with Gasteiger partial charge in [0.2, 0.25) is 0 Å². The molecule has 2 unspecified atom stereocenters. The first-order valence-electron chi connectivity index (χ1n) is 6.98. The molecule has 1 nitrogen and oxygen atoms in total. The lowest BCUT2D eigenvalue weighted by atomic mass is 9.69. The molecule has 0 fully saturated rings. The summed E-state index contributed by atoms with van der Waals surface area (Å²) < 4.78 is 53.2. The highest BCUT2D eigenvalue weighted by Crippen LogP contribution is 2.45. The SMILES string of the molecule is C#CCC(O)(CC(C)(CC)c1cc(F)ccc1C)C(F)(F)F. The van der Waals surface area contributed by atoms with E-state index in [0.717, 1.165) is 0 Å². The van der Waals surface area contributed by atoms with Gasteiger partial charge in [-0.05, 0) is 48.4 Å². The minimum Gasteiger partial charge on any atom is -0.380 e. The summed E-state index contributed by atoms with van der Waals surface area (Å²) in [7, 11) is 0. The number of benzene rings is 1. The highest BCUT2D eigenvalue weighted by molar-refractivity contribution is 5.34. The quantitative estimate of drug-likeness (QED) is 0.626. The van der Waals surface area contributed by atoms with Gasteiger partial charge in [0.25, 0.3) is 0 Å². The molecule has 122 valence electrons. The molecule has 0 heterocycles. The Labute approximate surface area is 128 Å².